The Kier molecular flexibility index (Phi) is 5.97. The van der Waals surface area contributed by atoms with Gasteiger partial charge in [-0.05, 0) is 19.3 Å². The van der Waals surface area contributed by atoms with Gasteiger partial charge in [0.05, 0.1) is 18.7 Å². The Balaban J connectivity index is 2.34. The Morgan fingerprint density at radius 1 is 1.59 bits per heavy atom. The minimum Gasteiger partial charge on any atom is -0.466 e. The van der Waals surface area contributed by atoms with Crippen LogP contribution in [0.5, 0.6) is 0 Å². The van der Waals surface area contributed by atoms with Crippen LogP contribution in [0.4, 0.5) is 5.13 Å². The average Bonchev–Trinajstić information content (AvgIpc) is 2.65. The van der Waals surface area contributed by atoms with Crippen molar-refractivity contribution in [3.63, 3.8) is 0 Å². The quantitative estimate of drug-likeness (QED) is 0.762. The number of hydrogen-bond acceptors (Lipinski definition) is 5. The van der Waals surface area contributed by atoms with Gasteiger partial charge in [0, 0.05) is 11.9 Å². The third-order valence-electron chi connectivity index (χ3n) is 2.18. The Morgan fingerprint density at radius 3 is 3.00 bits per heavy atom. The molecule has 0 amide bonds. The van der Waals surface area contributed by atoms with Crippen molar-refractivity contribution >= 4 is 22.4 Å². The molecule has 4 nitrogen and oxygen atoms in total. The molecule has 0 radical (unpaired) electrons. The monoisotopic (exact) mass is 256 g/mol. The molecule has 0 atom stereocenters. The van der Waals surface area contributed by atoms with Crippen LogP contribution in [0, 0.1) is 5.92 Å². The van der Waals surface area contributed by atoms with Gasteiger partial charge in [-0.3, -0.25) is 4.79 Å². The van der Waals surface area contributed by atoms with Crippen molar-refractivity contribution < 1.29 is 9.53 Å². The van der Waals surface area contributed by atoms with Crippen LogP contribution in [0.1, 0.15) is 32.9 Å². The number of carbonyl (C=O) groups excluding carboxylic acids is 1. The van der Waals surface area contributed by atoms with E-state index in [-0.39, 0.29) is 12.4 Å². The molecule has 0 fully saturated rings. The van der Waals surface area contributed by atoms with Gasteiger partial charge in [-0.1, -0.05) is 13.8 Å². The number of rotatable bonds is 7. The number of thiazole rings is 1. The van der Waals surface area contributed by atoms with Crippen molar-refractivity contribution in [2.75, 3.05) is 18.5 Å². The van der Waals surface area contributed by atoms with Gasteiger partial charge in [0.15, 0.2) is 5.13 Å². The molecule has 5 heteroatoms. The van der Waals surface area contributed by atoms with Crippen molar-refractivity contribution in [1.29, 1.82) is 0 Å². The predicted molar refractivity (Wildman–Crippen MR) is 70.4 cm³/mol. The van der Waals surface area contributed by atoms with Gasteiger partial charge in [0.25, 0.3) is 0 Å². The molecule has 1 aromatic heterocycles. The highest BCUT2D eigenvalue weighted by molar-refractivity contribution is 7.13. The fraction of sp³-hybridized carbons (Fsp3) is 0.667. The van der Waals surface area contributed by atoms with Crippen LogP contribution >= 0.6 is 11.3 Å². The fourth-order valence-corrected chi connectivity index (χ4v) is 2.04. The lowest BCUT2D eigenvalue weighted by Crippen LogP contribution is -2.08. The van der Waals surface area contributed by atoms with Crippen molar-refractivity contribution in [3.05, 3.63) is 11.1 Å². The zero-order valence-corrected chi connectivity index (χ0v) is 11.5. The topological polar surface area (TPSA) is 51.2 Å². The summed E-state index contributed by atoms with van der Waals surface area (Å²) in [6.07, 6.45) is 1.38. The second-order valence-electron chi connectivity index (χ2n) is 4.24. The summed E-state index contributed by atoms with van der Waals surface area (Å²) in [5, 5.41) is 6.03. The number of anilines is 1. The summed E-state index contributed by atoms with van der Waals surface area (Å²) in [6.45, 7) is 7.52. The van der Waals surface area contributed by atoms with Crippen LogP contribution in [0.25, 0.3) is 0 Å². The van der Waals surface area contributed by atoms with Crippen LogP contribution in [-0.4, -0.2) is 24.1 Å². The summed E-state index contributed by atoms with van der Waals surface area (Å²) in [6, 6.07) is 0. The van der Waals surface area contributed by atoms with E-state index in [0.29, 0.717) is 12.5 Å². The van der Waals surface area contributed by atoms with Crippen LogP contribution in [0.3, 0.4) is 0 Å². The molecule has 0 aliphatic rings. The van der Waals surface area contributed by atoms with Gasteiger partial charge in [-0.25, -0.2) is 4.98 Å². The van der Waals surface area contributed by atoms with Crippen molar-refractivity contribution in [3.8, 4) is 0 Å². The van der Waals surface area contributed by atoms with E-state index in [2.05, 4.69) is 24.1 Å². The maximum Gasteiger partial charge on any atom is 0.311 e. The minimum absolute atomic E-state index is 0.216. The van der Waals surface area contributed by atoms with E-state index in [0.717, 1.165) is 23.8 Å². The molecule has 1 N–H and O–H groups in total. The minimum atomic E-state index is -0.216. The molecule has 1 rings (SSSR count). The highest BCUT2D eigenvalue weighted by Gasteiger charge is 2.08. The van der Waals surface area contributed by atoms with Crippen LogP contribution in [0.2, 0.25) is 0 Å². The SMILES string of the molecule is CCOC(=O)Cc1csc(NCCC(C)C)n1. The number of carbonyl (C=O) groups is 1. The number of hydrogen-bond donors (Lipinski definition) is 1. The standard InChI is InChI=1S/C12H20N2O2S/c1-4-16-11(15)7-10-8-17-12(14-10)13-6-5-9(2)3/h8-9H,4-7H2,1-3H3,(H,13,14). The Bertz CT molecular complexity index is 350. The molecule has 17 heavy (non-hydrogen) atoms. The van der Waals surface area contributed by atoms with E-state index < -0.39 is 0 Å². The van der Waals surface area contributed by atoms with Gasteiger partial charge in [-0.2, -0.15) is 0 Å². The number of nitrogens with zero attached hydrogens (tertiary/aromatic N) is 1. The van der Waals surface area contributed by atoms with Gasteiger partial charge in [0.1, 0.15) is 0 Å². The predicted octanol–water partition coefficient (Wildman–Crippen LogP) is 2.71. The summed E-state index contributed by atoms with van der Waals surface area (Å²) < 4.78 is 4.87. The molecule has 96 valence electrons. The summed E-state index contributed by atoms with van der Waals surface area (Å²) in [4.78, 5) is 15.6. The third kappa shape index (κ3) is 5.68. The highest BCUT2D eigenvalue weighted by Crippen LogP contribution is 2.16. The van der Waals surface area contributed by atoms with Gasteiger partial charge in [-0.15, -0.1) is 11.3 Å². The number of aromatic nitrogens is 1. The first-order valence-corrected chi connectivity index (χ1v) is 6.83. The number of ether oxygens (including phenoxy) is 1. The summed E-state index contributed by atoms with van der Waals surface area (Å²) in [7, 11) is 0. The van der Waals surface area contributed by atoms with Gasteiger partial charge < -0.3 is 10.1 Å². The normalized spacial score (nSPS) is 10.6. The zero-order chi connectivity index (χ0) is 12.7. The molecule has 0 aliphatic heterocycles. The first kappa shape index (κ1) is 14.0. The lowest BCUT2D eigenvalue weighted by Gasteiger charge is -2.04. The molecule has 0 aromatic carbocycles. The van der Waals surface area contributed by atoms with Gasteiger partial charge >= 0.3 is 5.97 Å². The lowest BCUT2D eigenvalue weighted by atomic mass is 10.1. The average molecular weight is 256 g/mol. The molecule has 0 aliphatic carbocycles. The summed E-state index contributed by atoms with van der Waals surface area (Å²) in [5.74, 6) is 0.466. The molecule has 0 saturated heterocycles. The first-order chi connectivity index (χ1) is 8.11. The van der Waals surface area contributed by atoms with E-state index in [4.69, 9.17) is 4.74 Å². The molecule has 1 aromatic rings. The number of esters is 1. The molecule has 0 bridgehead atoms. The summed E-state index contributed by atoms with van der Waals surface area (Å²) in [5.41, 5.74) is 0.778. The smallest absolute Gasteiger partial charge is 0.311 e. The first-order valence-electron chi connectivity index (χ1n) is 5.95. The highest BCUT2D eigenvalue weighted by atomic mass is 32.1. The third-order valence-corrected chi connectivity index (χ3v) is 3.03. The Labute approximate surface area is 106 Å². The Morgan fingerprint density at radius 2 is 2.35 bits per heavy atom. The summed E-state index contributed by atoms with van der Waals surface area (Å²) >= 11 is 1.53. The van der Waals surface area contributed by atoms with E-state index >= 15 is 0 Å². The molecule has 1 heterocycles. The fourth-order valence-electron chi connectivity index (χ4n) is 1.30. The van der Waals surface area contributed by atoms with E-state index in [1.165, 1.54) is 11.3 Å². The molecular formula is C12H20N2O2S. The Hall–Kier alpha value is -1.10. The maximum absolute atomic E-state index is 11.2. The maximum atomic E-state index is 11.2. The number of nitrogens with one attached hydrogen (secondary N) is 1. The second-order valence-corrected chi connectivity index (χ2v) is 5.09. The van der Waals surface area contributed by atoms with E-state index in [1.807, 2.05) is 5.38 Å². The van der Waals surface area contributed by atoms with Gasteiger partial charge in [0.2, 0.25) is 0 Å². The van der Waals surface area contributed by atoms with Crippen LogP contribution < -0.4 is 5.32 Å². The lowest BCUT2D eigenvalue weighted by molar-refractivity contribution is -0.142. The largest absolute Gasteiger partial charge is 0.466 e. The van der Waals surface area contributed by atoms with Crippen molar-refractivity contribution in [1.82, 2.24) is 4.98 Å². The molecule has 0 unspecified atom stereocenters. The van der Waals surface area contributed by atoms with E-state index in [9.17, 15) is 4.79 Å². The van der Waals surface area contributed by atoms with Crippen LogP contribution in [-0.2, 0) is 16.0 Å². The van der Waals surface area contributed by atoms with Crippen LogP contribution in [0.15, 0.2) is 5.38 Å². The molecular weight excluding hydrogens is 236 g/mol. The molecule has 0 saturated carbocycles. The molecule has 0 spiro atoms. The second kappa shape index (κ2) is 7.27. The van der Waals surface area contributed by atoms with Crippen molar-refractivity contribution in [2.45, 2.75) is 33.6 Å². The van der Waals surface area contributed by atoms with Crippen molar-refractivity contribution in [2.24, 2.45) is 5.92 Å². The zero-order valence-electron chi connectivity index (χ0n) is 10.7. The van der Waals surface area contributed by atoms with E-state index in [1.54, 1.807) is 6.92 Å².